The summed E-state index contributed by atoms with van der Waals surface area (Å²) in [6.07, 6.45) is -0.577. The predicted octanol–water partition coefficient (Wildman–Crippen LogP) is 3.76. The average Bonchev–Trinajstić information content (AvgIpc) is 3.24. The standard InChI is InChI=1S/C29H28O7/c1-34-23-12-8-21(9-13-23)29(33,22-10-14-24(35-2)15-11-22)20-6-3-19(4-7-20)5-18-27(32)36-28-25(30)16-17-26(28)31/h3-4,6-15,28,33H,5,16-18H2,1-2H3. The lowest BCUT2D eigenvalue weighted by Gasteiger charge is -2.30. The molecule has 3 aromatic carbocycles. The summed E-state index contributed by atoms with van der Waals surface area (Å²) in [4.78, 5) is 35.6. The molecule has 0 amide bonds. The van der Waals surface area contributed by atoms with E-state index < -0.39 is 17.7 Å². The van der Waals surface area contributed by atoms with Gasteiger partial charge in [0.2, 0.25) is 6.10 Å². The molecule has 186 valence electrons. The van der Waals surface area contributed by atoms with E-state index in [9.17, 15) is 19.5 Å². The topological polar surface area (TPSA) is 99.1 Å². The van der Waals surface area contributed by atoms with Crippen LogP contribution in [0.1, 0.15) is 41.5 Å². The molecule has 1 saturated carbocycles. The van der Waals surface area contributed by atoms with Gasteiger partial charge in [0, 0.05) is 19.3 Å². The van der Waals surface area contributed by atoms with Crippen molar-refractivity contribution in [2.24, 2.45) is 0 Å². The van der Waals surface area contributed by atoms with E-state index in [1.807, 2.05) is 48.5 Å². The number of rotatable bonds is 9. The van der Waals surface area contributed by atoms with E-state index in [2.05, 4.69) is 0 Å². The molecule has 1 fully saturated rings. The Morgan fingerprint density at radius 1 is 0.778 bits per heavy atom. The number of hydrogen-bond acceptors (Lipinski definition) is 7. The van der Waals surface area contributed by atoms with Crippen LogP contribution in [0.4, 0.5) is 0 Å². The number of ether oxygens (including phenoxy) is 3. The normalized spacial score (nSPS) is 14.1. The number of aliphatic hydroxyl groups is 1. The van der Waals surface area contributed by atoms with E-state index in [0.717, 1.165) is 5.56 Å². The highest BCUT2D eigenvalue weighted by Gasteiger charge is 2.36. The van der Waals surface area contributed by atoms with Gasteiger partial charge >= 0.3 is 5.97 Å². The molecule has 0 aromatic heterocycles. The number of carbonyl (C=O) groups is 3. The van der Waals surface area contributed by atoms with Gasteiger partial charge in [0.25, 0.3) is 0 Å². The van der Waals surface area contributed by atoms with Gasteiger partial charge in [-0.05, 0) is 52.9 Å². The van der Waals surface area contributed by atoms with Crippen LogP contribution in [0.15, 0.2) is 72.8 Å². The first-order chi connectivity index (χ1) is 17.3. The Morgan fingerprint density at radius 2 is 1.19 bits per heavy atom. The van der Waals surface area contributed by atoms with Gasteiger partial charge in [-0.3, -0.25) is 14.4 Å². The van der Waals surface area contributed by atoms with Crippen molar-refractivity contribution in [1.82, 2.24) is 0 Å². The molecule has 3 aromatic rings. The third-order valence-electron chi connectivity index (χ3n) is 6.46. The Bertz CT molecular complexity index is 1160. The molecule has 0 heterocycles. The molecule has 0 saturated heterocycles. The number of Topliss-reactive ketones (excluding diaryl/α,β-unsaturated/α-hetero) is 2. The Balaban J connectivity index is 1.54. The molecule has 0 unspecified atom stereocenters. The lowest BCUT2D eigenvalue weighted by Crippen LogP contribution is -2.29. The van der Waals surface area contributed by atoms with Crippen LogP contribution in [0.3, 0.4) is 0 Å². The second-order valence-corrected chi connectivity index (χ2v) is 8.67. The van der Waals surface area contributed by atoms with Crippen LogP contribution in [0.25, 0.3) is 0 Å². The van der Waals surface area contributed by atoms with Crippen molar-refractivity contribution in [3.8, 4) is 11.5 Å². The highest BCUT2D eigenvalue weighted by Crippen LogP contribution is 2.38. The van der Waals surface area contributed by atoms with Gasteiger partial charge in [-0.2, -0.15) is 0 Å². The maximum Gasteiger partial charge on any atom is 0.307 e. The second kappa shape index (κ2) is 10.7. The Kier molecular flexibility index (Phi) is 7.50. The SMILES string of the molecule is COc1ccc(C(O)(c2ccc(CCC(=O)OC3C(=O)CCC3=O)cc2)c2ccc(OC)cc2)cc1. The molecule has 0 atom stereocenters. The highest BCUT2D eigenvalue weighted by molar-refractivity contribution is 6.12. The van der Waals surface area contributed by atoms with Crippen LogP contribution in [0.5, 0.6) is 11.5 Å². The molecule has 0 aliphatic heterocycles. The van der Waals surface area contributed by atoms with Gasteiger partial charge in [-0.15, -0.1) is 0 Å². The van der Waals surface area contributed by atoms with E-state index in [4.69, 9.17) is 14.2 Å². The molecular formula is C29H28O7. The van der Waals surface area contributed by atoms with Gasteiger partial charge in [0.15, 0.2) is 11.6 Å². The Hall–Kier alpha value is -3.97. The summed E-state index contributed by atoms with van der Waals surface area (Å²) in [6, 6.07) is 21.8. The van der Waals surface area contributed by atoms with Crippen molar-refractivity contribution in [1.29, 1.82) is 0 Å². The minimum absolute atomic E-state index is 0.0393. The number of hydrogen-bond donors (Lipinski definition) is 1. The molecule has 7 heteroatoms. The maximum absolute atomic E-state index is 12.2. The summed E-state index contributed by atoms with van der Waals surface area (Å²) < 4.78 is 15.6. The van der Waals surface area contributed by atoms with Crippen LogP contribution >= 0.6 is 0 Å². The van der Waals surface area contributed by atoms with Crippen LogP contribution in [0, 0.1) is 0 Å². The molecule has 0 bridgehead atoms. The van der Waals surface area contributed by atoms with Crippen molar-refractivity contribution in [2.45, 2.75) is 37.4 Å². The van der Waals surface area contributed by atoms with Crippen molar-refractivity contribution >= 4 is 17.5 Å². The number of methoxy groups -OCH3 is 2. The first-order valence-corrected chi connectivity index (χ1v) is 11.7. The summed E-state index contributed by atoms with van der Waals surface area (Å²) in [6.45, 7) is 0. The van der Waals surface area contributed by atoms with Crippen molar-refractivity contribution < 1.29 is 33.7 Å². The molecule has 0 spiro atoms. The fourth-order valence-corrected chi connectivity index (χ4v) is 4.33. The van der Waals surface area contributed by atoms with Crippen molar-refractivity contribution in [2.75, 3.05) is 14.2 Å². The van der Waals surface area contributed by atoms with Crippen LogP contribution in [-0.4, -0.2) is 43.0 Å². The molecule has 7 nitrogen and oxygen atoms in total. The quantitative estimate of drug-likeness (QED) is 0.278. The summed E-state index contributed by atoms with van der Waals surface area (Å²) >= 11 is 0. The molecule has 1 N–H and O–H groups in total. The zero-order valence-corrected chi connectivity index (χ0v) is 20.2. The fraction of sp³-hybridized carbons (Fsp3) is 0.276. The van der Waals surface area contributed by atoms with E-state index in [0.29, 0.717) is 34.6 Å². The minimum atomic E-state index is -1.45. The Morgan fingerprint density at radius 3 is 1.61 bits per heavy atom. The molecule has 36 heavy (non-hydrogen) atoms. The van der Waals surface area contributed by atoms with Gasteiger partial charge in [-0.1, -0.05) is 48.5 Å². The number of esters is 1. The van der Waals surface area contributed by atoms with E-state index >= 15 is 0 Å². The van der Waals surface area contributed by atoms with Gasteiger partial charge in [0.1, 0.15) is 17.1 Å². The smallest absolute Gasteiger partial charge is 0.307 e. The number of aryl methyl sites for hydroxylation is 1. The van der Waals surface area contributed by atoms with Crippen LogP contribution < -0.4 is 9.47 Å². The lowest BCUT2D eigenvalue weighted by atomic mass is 9.80. The molecule has 1 aliphatic carbocycles. The number of benzene rings is 3. The van der Waals surface area contributed by atoms with E-state index in [1.165, 1.54) is 0 Å². The second-order valence-electron chi connectivity index (χ2n) is 8.67. The molecule has 4 rings (SSSR count). The summed E-state index contributed by atoms with van der Waals surface area (Å²) in [5, 5.41) is 12.1. The third kappa shape index (κ3) is 5.16. The summed E-state index contributed by atoms with van der Waals surface area (Å²) in [5.74, 6) is 0.0990. The average molecular weight is 489 g/mol. The first kappa shape index (κ1) is 25.1. The predicted molar refractivity (Wildman–Crippen MR) is 132 cm³/mol. The number of carbonyl (C=O) groups excluding carboxylic acids is 3. The van der Waals surface area contributed by atoms with Crippen LogP contribution in [0.2, 0.25) is 0 Å². The molecular weight excluding hydrogens is 460 g/mol. The largest absolute Gasteiger partial charge is 0.497 e. The number of ketones is 2. The van der Waals surface area contributed by atoms with Crippen molar-refractivity contribution in [3.05, 3.63) is 95.1 Å². The van der Waals surface area contributed by atoms with E-state index in [-0.39, 0.29) is 30.8 Å². The first-order valence-electron chi connectivity index (χ1n) is 11.7. The third-order valence-corrected chi connectivity index (χ3v) is 6.46. The molecule has 1 aliphatic rings. The summed E-state index contributed by atoms with van der Waals surface area (Å²) in [7, 11) is 3.17. The zero-order valence-electron chi connectivity index (χ0n) is 20.2. The minimum Gasteiger partial charge on any atom is -0.497 e. The van der Waals surface area contributed by atoms with Gasteiger partial charge in [0.05, 0.1) is 14.2 Å². The van der Waals surface area contributed by atoms with Gasteiger partial charge in [-0.25, -0.2) is 0 Å². The van der Waals surface area contributed by atoms with Gasteiger partial charge < -0.3 is 19.3 Å². The monoisotopic (exact) mass is 488 g/mol. The highest BCUT2D eigenvalue weighted by atomic mass is 16.6. The zero-order chi connectivity index (χ0) is 25.7. The maximum atomic E-state index is 12.2. The van der Waals surface area contributed by atoms with E-state index in [1.54, 1.807) is 38.5 Å². The lowest BCUT2D eigenvalue weighted by molar-refractivity contribution is -0.157. The summed E-state index contributed by atoms with van der Waals surface area (Å²) in [5.41, 5.74) is 1.38. The van der Waals surface area contributed by atoms with Crippen LogP contribution in [-0.2, 0) is 31.1 Å². The Labute approximate surface area is 209 Å². The molecule has 0 radical (unpaired) electrons. The van der Waals surface area contributed by atoms with Crippen molar-refractivity contribution in [3.63, 3.8) is 0 Å². The fourth-order valence-electron chi connectivity index (χ4n) is 4.33.